The lowest BCUT2D eigenvalue weighted by Gasteiger charge is -2.31. The summed E-state index contributed by atoms with van der Waals surface area (Å²) >= 11 is 0. The number of morpholine rings is 1. The van der Waals surface area contributed by atoms with Crippen LogP contribution in [0.3, 0.4) is 0 Å². The van der Waals surface area contributed by atoms with Gasteiger partial charge in [-0.3, -0.25) is 9.59 Å². The van der Waals surface area contributed by atoms with E-state index in [2.05, 4.69) is 15.4 Å². The van der Waals surface area contributed by atoms with Crippen molar-refractivity contribution in [2.24, 2.45) is 11.8 Å². The number of halogens is 3. The first-order valence-corrected chi connectivity index (χ1v) is 15.9. The first-order chi connectivity index (χ1) is 18.9. The second-order valence-corrected chi connectivity index (χ2v) is 13.0. The number of carbonyl (C=O) groups is 2. The lowest BCUT2D eigenvalue weighted by molar-refractivity contribution is -0.274. The molecule has 3 rings (SSSR count). The Morgan fingerprint density at radius 2 is 1.75 bits per heavy atom. The number of rotatable bonds is 13. The van der Waals surface area contributed by atoms with E-state index in [0.29, 0.717) is 44.3 Å². The molecule has 0 spiro atoms. The zero-order chi connectivity index (χ0) is 29.2. The number of anilines is 1. The molecule has 2 aliphatic rings. The molecule has 0 radical (unpaired) electrons. The smallest absolute Gasteiger partial charge is 0.406 e. The highest BCUT2D eigenvalue weighted by molar-refractivity contribution is 7.90. The molecule has 2 atom stereocenters. The van der Waals surface area contributed by atoms with Crippen molar-refractivity contribution in [1.82, 2.24) is 10.2 Å². The van der Waals surface area contributed by atoms with Crippen LogP contribution in [0.2, 0.25) is 0 Å². The Bertz CT molecular complexity index is 1060. The van der Waals surface area contributed by atoms with Gasteiger partial charge in [-0.2, -0.15) is 0 Å². The molecule has 226 valence electrons. The Labute approximate surface area is 234 Å². The van der Waals surface area contributed by atoms with E-state index >= 15 is 0 Å². The number of hydrogen-bond acceptors (Lipinski definition) is 7. The quantitative estimate of drug-likeness (QED) is 0.359. The van der Waals surface area contributed by atoms with Crippen molar-refractivity contribution in [3.8, 4) is 5.75 Å². The minimum atomic E-state index is -4.80. The van der Waals surface area contributed by atoms with Crippen molar-refractivity contribution >= 4 is 27.3 Å². The molecule has 40 heavy (non-hydrogen) atoms. The van der Waals surface area contributed by atoms with E-state index in [1.165, 1.54) is 18.6 Å². The van der Waals surface area contributed by atoms with Crippen LogP contribution in [0.25, 0.3) is 0 Å². The molecule has 1 saturated carbocycles. The van der Waals surface area contributed by atoms with Crippen LogP contribution in [-0.4, -0.2) is 82.4 Å². The van der Waals surface area contributed by atoms with Crippen LogP contribution in [0.5, 0.6) is 5.75 Å². The predicted octanol–water partition coefficient (Wildman–Crippen LogP) is 3.75. The maximum Gasteiger partial charge on any atom is 0.573 e. The van der Waals surface area contributed by atoms with E-state index in [9.17, 15) is 31.2 Å². The van der Waals surface area contributed by atoms with Crippen LogP contribution in [0.4, 0.5) is 18.9 Å². The van der Waals surface area contributed by atoms with Gasteiger partial charge < -0.3 is 25.0 Å². The highest BCUT2D eigenvalue weighted by Gasteiger charge is 2.32. The zero-order valence-corrected chi connectivity index (χ0v) is 23.7. The summed E-state index contributed by atoms with van der Waals surface area (Å²) < 4.78 is 70.3. The number of alkyl halides is 3. The maximum atomic E-state index is 13.6. The molecule has 1 aliphatic heterocycles. The number of amides is 2. The topological polar surface area (TPSA) is 114 Å². The molecule has 1 saturated heterocycles. The van der Waals surface area contributed by atoms with Gasteiger partial charge in [-0.05, 0) is 43.0 Å². The summed E-state index contributed by atoms with van der Waals surface area (Å²) in [6, 6.07) is 4.56. The summed E-state index contributed by atoms with van der Waals surface area (Å²) in [6.45, 7) is 2.06. The highest BCUT2D eigenvalue weighted by Crippen LogP contribution is 2.31. The van der Waals surface area contributed by atoms with Crippen LogP contribution in [0.15, 0.2) is 24.3 Å². The largest absolute Gasteiger partial charge is 0.573 e. The standard InChI is InChI=1S/C27H40F3N3O6S/c1-40(36,37)16-11-23(19-31-22-7-9-24(10-8-22)39-27(28,29)30)32-26(35)21(17-20-5-3-2-4-6-20)18-25(34)33-12-14-38-15-13-33/h7-10,20-21,23,31H,2-6,11-19H2,1H3,(H,32,35). The lowest BCUT2D eigenvalue weighted by atomic mass is 9.81. The van der Waals surface area contributed by atoms with E-state index in [4.69, 9.17) is 4.74 Å². The summed E-state index contributed by atoms with van der Waals surface area (Å²) in [5, 5.41) is 6.02. The summed E-state index contributed by atoms with van der Waals surface area (Å²) in [4.78, 5) is 28.3. The summed E-state index contributed by atoms with van der Waals surface area (Å²) in [6.07, 6.45) is 2.53. The minimum Gasteiger partial charge on any atom is -0.406 e. The van der Waals surface area contributed by atoms with E-state index in [-0.39, 0.29) is 42.7 Å². The molecule has 13 heteroatoms. The average molecular weight is 592 g/mol. The lowest BCUT2D eigenvalue weighted by Crippen LogP contribution is -2.46. The minimum absolute atomic E-state index is 0.0786. The van der Waals surface area contributed by atoms with Crippen LogP contribution < -0.4 is 15.4 Å². The van der Waals surface area contributed by atoms with Crippen LogP contribution in [0.1, 0.15) is 51.4 Å². The normalized spacial score (nSPS) is 18.6. The van der Waals surface area contributed by atoms with Crippen LogP contribution >= 0.6 is 0 Å². The molecule has 0 aromatic heterocycles. The number of sulfone groups is 1. The molecule has 2 N–H and O–H groups in total. The Morgan fingerprint density at radius 1 is 1.10 bits per heavy atom. The molecular weight excluding hydrogens is 551 g/mol. The molecule has 1 aliphatic carbocycles. The number of nitrogens with zero attached hydrogens (tertiary/aromatic N) is 1. The van der Waals surface area contributed by atoms with Crippen molar-refractivity contribution in [3.63, 3.8) is 0 Å². The fourth-order valence-electron chi connectivity index (χ4n) is 5.18. The maximum absolute atomic E-state index is 13.6. The van der Waals surface area contributed by atoms with Crippen molar-refractivity contribution < 1.29 is 40.7 Å². The monoisotopic (exact) mass is 591 g/mol. The summed E-state index contributed by atoms with van der Waals surface area (Å²) in [5.74, 6) is -1.09. The second kappa shape index (κ2) is 14.9. The third-order valence-corrected chi connectivity index (χ3v) is 8.30. The van der Waals surface area contributed by atoms with E-state index < -0.39 is 28.2 Å². The van der Waals surface area contributed by atoms with Gasteiger partial charge in [-0.25, -0.2) is 8.42 Å². The Balaban J connectivity index is 1.67. The number of nitrogens with one attached hydrogen (secondary N) is 2. The molecular formula is C27H40F3N3O6S. The molecule has 9 nitrogen and oxygen atoms in total. The van der Waals surface area contributed by atoms with Crippen molar-refractivity contribution in [2.45, 2.75) is 63.8 Å². The average Bonchev–Trinajstić information content (AvgIpc) is 2.90. The zero-order valence-electron chi connectivity index (χ0n) is 22.9. The molecule has 2 amide bonds. The number of benzene rings is 1. The summed E-state index contributed by atoms with van der Waals surface area (Å²) in [5.41, 5.74) is 0.481. The van der Waals surface area contributed by atoms with Crippen LogP contribution in [-0.2, 0) is 24.2 Å². The van der Waals surface area contributed by atoms with E-state index in [1.807, 2.05) is 0 Å². The fourth-order valence-corrected chi connectivity index (χ4v) is 5.89. The Hall–Kier alpha value is -2.54. The van der Waals surface area contributed by atoms with Crippen molar-refractivity contribution in [1.29, 1.82) is 0 Å². The Morgan fingerprint density at radius 3 is 2.35 bits per heavy atom. The van der Waals surface area contributed by atoms with Crippen molar-refractivity contribution in [3.05, 3.63) is 24.3 Å². The molecule has 0 bridgehead atoms. The fraction of sp³-hybridized carbons (Fsp3) is 0.704. The molecule has 1 aromatic carbocycles. The van der Waals surface area contributed by atoms with Gasteiger partial charge in [-0.15, -0.1) is 13.2 Å². The molecule has 1 aromatic rings. The van der Waals surface area contributed by atoms with Crippen LogP contribution in [0, 0.1) is 11.8 Å². The number of carbonyl (C=O) groups excluding carboxylic acids is 2. The predicted molar refractivity (Wildman–Crippen MR) is 145 cm³/mol. The summed E-state index contributed by atoms with van der Waals surface area (Å²) in [7, 11) is -3.31. The third kappa shape index (κ3) is 11.9. The van der Waals surface area contributed by atoms with Gasteiger partial charge >= 0.3 is 6.36 Å². The van der Waals surface area contributed by atoms with Crippen molar-refractivity contribution in [2.75, 3.05) is 50.2 Å². The van der Waals surface area contributed by atoms with Gasteiger partial charge in [0.1, 0.15) is 15.6 Å². The first-order valence-electron chi connectivity index (χ1n) is 13.8. The Kier molecular flexibility index (Phi) is 11.9. The van der Waals surface area contributed by atoms with Gasteiger partial charge in [-0.1, -0.05) is 32.1 Å². The number of ether oxygens (including phenoxy) is 2. The van der Waals surface area contributed by atoms with E-state index in [1.54, 1.807) is 4.90 Å². The second-order valence-electron chi connectivity index (χ2n) is 10.7. The molecule has 2 unspecified atom stereocenters. The number of hydrogen-bond donors (Lipinski definition) is 2. The van der Waals surface area contributed by atoms with Gasteiger partial charge in [0, 0.05) is 50.0 Å². The van der Waals surface area contributed by atoms with Gasteiger partial charge in [0.25, 0.3) is 0 Å². The third-order valence-electron chi connectivity index (χ3n) is 7.32. The van der Waals surface area contributed by atoms with E-state index in [0.717, 1.165) is 44.1 Å². The molecule has 2 fully saturated rings. The highest BCUT2D eigenvalue weighted by atomic mass is 32.2. The van der Waals surface area contributed by atoms with Gasteiger partial charge in [0.2, 0.25) is 11.8 Å². The van der Waals surface area contributed by atoms with Gasteiger partial charge in [0.15, 0.2) is 0 Å². The first kappa shape index (κ1) is 32.0. The SMILES string of the molecule is CS(=O)(=O)CCC(CNc1ccc(OC(F)(F)F)cc1)NC(=O)C(CC(=O)N1CCOCC1)CC1CCCCC1. The van der Waals surface area contributed by atoms with Gasteiger partial charge in [0.05, 0.1) is 19.0 Å². The molecule has 1 heterocycles.